The number of H-pyrrole nitrogens is 1. The average Bonchev–Trinajstić information content (AvgIpc) is 2.95. The molecule has 0 aliphatic heterocycles. The normalized spacial score (nSPS) is 13.8. The molecule has 0 radical (unpaired) electrons. The van der Waals surface area contributed by atoms with Gasteiger partial charge in [0.15, 0.2) is 0 Å². The first-order valence-electron chi connectivity index (χ1n) is 5.95. The smallest absolute Gasteiger partial charge is 0.227 e. The van der Waals surface area contributed by atoms with Gasteiger partial charge in [0, 0.05) is 6.08 Å². The maximum atomic E-state index is 12.2. The van der Waals surface area contributed by atoms with Crippen molar-refractivity contribution in [3.63, 3.8) is 0 Å². The largest absolute Gasteiger partial charge is 0.495 e. The zero-order chi connectivity index (χ0) is 14.1. The van der Waals surface area contributed by atoms with Gasteiger partial charge >= 0.3 is 0 Å². The summed E-state index contributed by atoms with van der Waals surface area (Å²) < 4.78 is 5.20. The third kappa shape index (κ3) is 1.87. The molecule has 0 atom stereocenters. The van der Waals surface area contributed by atoms with Crippen molar-refractivity contribution < 1.29 is 14.3 Å². The highest BCUT2D eigenvalue weighted by Gasteiger charge is 2.28. The number of ether oxygens (including phenoxy) is 1. The topological polar surface area (TPSA) is 84.1 Å². The third-order valence-electron chi connectivity index (χ3n) is 3.00. The molecule has 2 N–H and O–H groups in total. The summed E-state index contributed by atoms with van der Waals surface area (Å²) in [6.07, 6.45) is 2.58. The molecule has 6 nitrogen and oxygen atoms in total. The second-order valence-electron chi connectivity index (χ2n) is 4.20. The van der Waals surface area contributed by atoms with E-state index in [-0.39, 0.29) is 28.7 Å². The van der Waals surface area contributed by atoms with E-state index in [1.165, 1.54) is 19.5 Å². The Morgan fingerprint density at radius 1 is 1.25 bits per heavy atom. The summed E-state index contributed by atoms with van der Waals surface area (Å²) in [7, 11) is 1.54. The zero-order valence-electron chi connectivity index (χ0n) is 10.6. The van der Waals surface area contributed by atoms with Gasteiger partial charge in [-0.15, -0.1) is 0 Å². The van der Waals surface area contributed by atoms with Crippen LogP contribution < -0.4 is 10.1 Å². The highest BCUT2D eigenvalue weighted by atomic mass is 16.5. The zero-order valence-corrected chi connectivity index (χ0v) is 10.6. The van der Waals surface area contributed by atoms with Gasteiger partial charge in [0.05, 0.1) is 24.8 Å². The first-order chi connectivity index (χ1) is 9.70. The van der Waals surface area contributed by atoms with E-state index in [0.29, 0.717) is 11.4 Å². The molecular formula is C14H11N3O3. The van der Waals surface area contributed by atoms with Crippen molar-refractivity contribution in [3.8, 4) is 5.75 Å². The lowest BCUT2D eigenvalue weighted by Gasteiger charge is -2.15. The number of benzene rings is 1. The van der Waals surface area contributed by atoms with Gasteiger partial charge in [0.2, 0.25) is 11.6 Å². The van der Waals surface area contributed by atoms with E-state index in [2.05, 4.69) is 15.3 Å². The highest BCUT2D eigenvalue weighted by Crippen LogP contribution is 2.27. The first kappa shape index (κ1) is 12.2. The number of carbonyl (C=O) groups is 2. The quantitative estimate of drug-likeness (QED) is 0.887. The molecule has 0 fully saturated rings. The SMILES string of the molecule is COc1ccccc1NC1=CC(=O)c2nc[nH]c2C1=O. The monoisotopic (exact) mass is 269 g/mol. The number of hydrogen-bond acceptors (Lipinski definition) is 5. The van der Waals surface area contributed by atoms with E-state index in [9.17, 15) is 9.59 Å². The third-order valence-corrected chi connectivity index (χ3v) is 3.00. The van der Waals surface area contributed by atoms with Gasteiger partial charge in [-0.1, -0.05) is 12.1 Å². The van der Waals surface area contributed by atoms with Crippen LogP contribution in [0.15, 0.2) is 42.4 Å². The Kier molecular flexibility index (Phi) is 2.83. The Morgan fingerprint density at radius 3 is 2.85 bits per heavy atom. The van der Waals surface area contributed by atoms with Crippen LogP contribution in [-0.2, 0) is 0 Å². The number of para-hydroxylation sites is 2. The highest BCUT2D eigenvalue weighted by molar-refractivity contribution is 6.23. The molecule has 3 rings (SSSR count). The lowest BCUT2D eigenvalue weighted by Crippen LogP contribution is -2.21. The van der Waals surface area contributed by atoms with E-state index in [1.54, 1.807) is 12.1 Å². The van der Waals surface area contributed by atoms with Crippen LogP contribution in [0.3, 0.4) is 0 Å². The fraction of sp³-hybridized carbons (Fsp3) is 0.0714. The molecule has 100 valence electrons. The molecule has 0 amide bonds. The van der Waals surface area contributed by atoms with Crippen LogP contribution >= 0.6 is 0 Å². The minimum absolute atomic E-state index is 0.153. The molecule has 0 bridgehead atoms. The Hall–Kier alpha value is -2.89. The van der Waals surface area contributed by atoms with E-state index >= 15 is 0 Å². The lowest BCUT2D eigenvalue weighted by molar-refractivity contribution is 0.0980. The van der Waals surface area contributed by atoms with Crippen molar-refractivity contribution in [3.05, 3.63) is 53.8 Å². The molecule has 1 heterocycles. The number of nitrogens with zero attached hydrogens (tertiary/aromatic N) is 1. The maximum Gasteiger partial charge on any atom is 0.227 e. The maximum absolute atomic E-state index is 12.2. The van der Waals surface area contributed by atoms with Crippen molar-refractivity contribution in [2.45, 2.75) is 0 Å². The van der Waals surface area contributed by atoms with Crippen LogP contribution in [0.4, 0.5) is 5.69 Å². The number of nitrogens with one attached hydrogen (secondary N) is 2. The van der Waals surface area contributed by atoms with Crippen LogP contribution in [0, 0.1) is 0 Å². The number of imidazole rings is 1. The molecule has 0 saturated heterocycles. The minimum atomic E-state index is -0.307. The molecule has 1 aromatic carbocycles. The summed E-state index contributed by atoms with van der Waals surface area (Å²) in [5.41, 5.74) is 1.16. The number of methoxy groups -OCH3 is 1. The Morgan fingerprint density at radius 2 is 2.05 bits per heavy atom. The lowest BCUT2D eigenvalue weighted by atomic mass is 10.0. The van der Waals surface area contributed by atoms with Crippen molar-refractivity contribution in [1.82, 2.24) is 9.97 Å². The molecule has 0 unspecified atom stereocenters. The molecule has 2 aromatic rings. The summed E-state index contributed by atoms with van der Waals surface area (Å²) in [5, 5.41) is 2.93. The van der Waals surface area contributed by atoms with Gasteiger partial charge in [0.25, 0.3) is 0 Å². The molecule has 0 saturated carbocycles. The summed E-state index contributed by atoms with van der Waals surface area (Å²) in [6.45, 7) is 0. The number of hydrogen-bond donors (Lipinski definition) is 2. The second kappa shape index (κ2) is 4.65. The van der Waals surface area contributed by atoms with E-state index < -0.39 is 0 Å². The number of carbonyl (C=O) groups excluding carboxylic acids is 2. The number of allylic oxidation sites excluding steroid dienone is 2. The van der Waals surface area contributed by atoms with Gasteiger partial charge in [-0.05, 0) is 12.1 Å². The number of rotatable bonds is 3. The van der Waals surface area contributed by atoms with Crippen molar-refractivity contribution in [1.29, 1.82) is 0 Å². The van der Waals surface area contributed by atoms with E-state index in [1.807, 2.05) is 12.1 Å². The number of aromatic amines is 1. The number of anilines is 1. The molecular weight excluding hydrogens is 258 g/mol. The summed E-state index contributed by atoms with van der Waals surface area (Å²) in [4.78, 5) is 30.6. The van der Waals surface area contributed by atoms with Crippen molar-refractivity contribution in [2.24, 2.45) is 0 Å². The molecule has 1 aliphatic carbocycles. The van der Waals surface area contributed by atoms with Crippen molar-refractivity contribution in [2.75, 3.05) is 12.4 Å². The molecule has 6 heteroatoms. The first-order valence-corrected chi connectivity index (χ1v) is 5.95. The molecule has 20 heavy (non-hydrogen) atoms. The summed E-state index contributed by atoms with van der Waals surface area (Å²) >= 11 is 0. The predicted octanol–water partition coefficient (Wildman–Crippen LogP) is 1.79. The molecule has 1 aromatic heterocycles. The summed E-state index contributed by atoms with van der Waals surface area (Å²) in [6, 6.07) is 7.15. The van der Waals surface area contributed by atoms with Gasteiger partial charge in [-0.2, -0.15) is 0 Å². The fourth-order valence-electron chi connectivity index (χ4n) is 2.04. The standard InChI is InChI=1S/C14H11N3O3/c1-20-11-5-3-2-4-8(11)17-9-6-10(18)12-13(14(9)19)16-7-15-12/h2-7,17H,1H3,(H,15,16). The predicted molar refractivity (Wildman–Crippen MR) is 71.9 cm³/mol. The molecule has 1 aliphatic rings. The number of ketones is 2. The number of fused-ring (bicyclic) bond motifs is 1. The average molecular weight is 269 g/mol. The van der Waals surface area contributed by atoms with Gasteiger partial charge in [-0.3, -0.25) is 9.59 Å². The molecule has 0 spiro atoms. The minimum Gasteiger partial charge on any atom is -0.495 e. The van der Waals surface area contributed by atoms with Gasteiger partial charge < -0.3 is 15.0 Å². The summed E-state index contributed by atoms with van der Waals surface area (Å²) in [5.74, 6) is -0.0229. The van der Waals surface area contributed by atoms with E-state index in [0.717, 1.165) is 0 Å². The van der Waals surface area contributed by atoms with E-state index in [4.69, 9.17) is 4.74 Å². The van der Waals surface area contributed by atoms with Crippen LogP contribution in [0.5, 0.6) is 5.75 Å². The van der Waals surface area contributed by atoms with Crippen LogP contribution in [0.25, 0.3) is 0 Å². The fourth-order valence-corrected chi connectivity index (χ4v) is 2.04. The second-order valence-corrected chi connectivity index (χ2v) is 4.20. The van der Waals surface area contributed by atoms with Gasteiger partial charge in [-0.25, -0.2) is 4.98 Å². The van der Waals surface area contributed by atoms with Crippen molar-refractivity contribution >= 4 is 17.3 Å². The Labute approximate surface area is 114 Å². The van der Waals surface area contributed by atoms with Gasteiger partial charge in [0.1, 0.15) is 17.1 Å². The van der Waals surface area contributed by atoms with Crippen LogP contribution in [0.1, 0.15) is 21.0 Å². The Balaban J connectivity index is 1.96. The van der Waals surface area contributed by atoms with Crippen LogP contribution in [-0.4, -0.2) is 28.6 Å². The van der Waals surface area contributed by atoms with Crippen LogP contribution in [0.2, 0.25) is 0 Å². The number of aromatic nitrogens is 2. The number of Topliss-reactive ketones (excluding diaryl/α,β-unsaturated/α-hetero) is 1. The Bertz CT molecular complexity index is 731.